The number of hydrogen-bond acceptors (Lipinski definition) is 5. The second-order valence-corrected chi connectivity index (χ2v) is 4.19. The van der Waals surface area contributed by atoms with Crippen molar-refractivity contribution in [3.63, 3.8) is 0 Å². The number of benzene rings is 1. The van der Waals surface area contributed by atoms with Crippen molar-refractivity contribution in [2.24, 2.45) is 0 Å². The summed E-state index contributed by atoms with van der Waals surface area (Å²) < 4.78 is 5.11. The lowest BCUT2D eigenvalue weighted by molar-refractivity contribution is 0.0525. The smallest absolute Gasteiger partial charge is 0.342 e. The number of hydrogen-bond donors (Lipinski definition) is 1. The minimum Gasteiger partial charge on any atom is -0.462 e. The molecular weight excluding hydrogens is 254 g/mol. The summed E-state index contributed by atoms with van der Waals surface area (Å²) in [6, 6.07) is 9.54. The van der Waals surface area contributed by atoms with Gasteiger partial charge in [0.1, 0.15) is 5.56 Å². The highest BCUT2D eigenvalue weighted by Crippen LogP contribution is 2.25. The summed E-state index contributed by atoms with van der Waals surface area (Å²) >= 11 is 0. The van der Waals surface area contributed by atoms with E-state index < -0.39 is 5.97 Å². The Kier molecular flexibility index (Phi) is 4.30. The second kappa shape index (κ2) is 6.14. The predicted octanol–water partition coefficient (Wildman–Crippen LogP) is 2.67. The summed E-state index contributed by atoms with van der Waals surface area (Å²) in [6.07, 6.45) is 0. The van der Waals surface area contributed by atoms with Gasteiger partial charge in [-0.05, 0) is 13.8 Å². The molecule has 0 aliphatic heterocycles. The minimum atomic E-state index is -0.397. The number of nitrogens with one attached hydrogen (secondary N) is 1. The van der Waals surface area contributed by atoms with Crippen molar-refractivity contribution in [1.29, 1.82) is 0 Å². The molecule has 0 spiro atoms. The van der Waals surface area contributed by atoms with Crippen LogP contribution in [0.5, 0.6) is 0 Å². The van der Waals surface area contributed by atoms with Crippen molar-refractivity contribution in [3.05, 3.63) is 41.6 Å². The lowest BCUT2D eigenvalue weighted by Crippen LogP contribution is -2.13. The maximum Gasteiger partial charge on any atom is 0.342 e. The van der Waals surface area contributed by atoms with Gasteiger partial charge in [-0.3, -0.25) is 0 Å². The normalized spacial score (nSPS) is 10.2. The molecule has 2 aromatic rings. The highest BCUT2D eigenvalue weighted by molar-refractivity contribution is 5.97. The van der Waals surface area contributed by atoms with E-state index in [1.807, 2.05) is 30.3 Å². The van der Waals surface area contributed by atoms with E-state index in [1.165, 1.54) is 0 Å². The van der Waals surface area contributed by atoms with E-state index in [2.05, 4.69) is 15.3 Å². The van der Waals surface area contributed by atoms with Crippen molar-refractivity contribution < 1.29 is 9.53 Å². The maximum absolute atomic E-state index is 12.1. The van der Waals surface area contributed by atoms with Crippen LogP contribution < -0.4 is 5.32 Å². The first-order valence-electron chi connectivity index (χ1n) is 6.46. The number of rotatable bonds is 4. The fraction of sp³-hybridized carbons (Fsp3) is 0.267. The number of nitrogens with zero attached hydrogens (tertiary/aromatic N) is 2. The van der Waals surface area contributed by atoms with Crippen molar-refractivity contribution in [2.45, 2.75) is 13.8 Å². The molecule has 5 heteroatoms. The van der Waals surface area contributed by atoms with Gasteiger partial charge in [-0.25, -0.2) is 14.8 Å². The molecule has 0 saturated heterocycles. The summed E-state index contributed by atoms with van der Waals surface area (Å²) in [7, 11) is 1.74. The Labute approximate surface area is 118 Å². The fourth-order valence-corrected chi connectivity index (χ4v) is 1.94. The van der Waals surface area contributed by atoms with Crippen LogP contribution in [0.25, 0.3) is 11.3 Å². The van der Waals surface area contributed by atoms with E-state index in [0.717, 1.165) is 5.56 Å². The van der Waals surface area contributed by atoms with Gasteiger partial charge in [0.25, 0.3) is 0 Å². The molecule has 0 saturated carbocycles. The molecule has 0 atom stereocenters. The number of aromatic nitrogens is 2. The molecule has 0 aliphatic carbocycles. The van der Waals surface area contributed by atoms with Gasteiger partial charge in [0.15, 0.2) is 0 Å². The van der Waals surface area contributed by atoms with Gasteiger partial charge in [0, 0.05) is 12.6 Å². The van der Waals surface area contributed by atoms with Gasteiger partial charge in [0.2, 0.25) is 5.95 Å². The van der Waals surface area contributed by atoms with Crippen LogP contribution in [0.1, 0.15) is 23.0 Å². The Morgan fingerprint density at radius 1 is 1.25 bits per heavy atom. The molecule has 1 aromatic carbocycles. The number of carbonyl (C=O) groups excluding carboxylic acids is 1. The van der Waals surface area contributed by atoms with E-state index in [9.17, 15) is 4.79 Å². The highest BCUT2D eigenvalue weighted by Gasteiger charge is 2.20. The number of ether oxygens (including phenoxy) is 1. The molecule has 1 N–H and O–H groups in total. The molecule has 0 unspecified atom stereocenters. The summed E-state index contributed by atoms with van der Waals surface area (Å²) in [5.74, 6) is 0.0842. The van der Waals surface area contributed by atoms with Gasteiger partial charge >= 0.3 is 5.97 Å². The number of anilines is 1. The SMILES string of the molecule is CCOC(=O)c1c(C)nc(NC)nc1-c1ccccc1. The third-order valence-electron chi connectivity index (χ3n) is 2.84. The van der Waals surface area contributed by atoms with Crippen molar-refractivity contribution >= 4 is 11.9 Å². The van der Waals surface area contributed by atoms with E-state index in [4.69, 9.17) is 4.74 Å². The molecule has 1 aromatic heterocycles. The molecule has 20 heavy (non-hydrogen) atoms. The Bertz CT molecular complexity index is 612. The molecule has 0 radical (unpaired) electrons. The number of aryl methyl sites for hydroxylation is 1. The van der Waals surface area contributed by atoms with E-state index in [0.29, 0.717) is 29.5 Å². The van der Waals surface area contributed by atoms with E-state index in [1.54, 1.807) is 20.9 Å². The standard InChI is InChI=1S/C15H17N3O2/c1-4-20-14(19)12-10(2)17-15(16-3)18-13(12)11-8-6-5-7-9-11/h5-9H,4H2,1-3H3,(H,16,17,18). The van der Waals surface area contributed by atoms with Crippen LogP contribution >= 0.6 is 0 Å². The monoisotopic (exact) mass is 271 g/mol. The summed E-state index contributed by atoms with van der Waals surface area (Å²) in [5, 5.41) is 2.90. The topological polar surface area (TPSA) is 64.1 Å². The van der Waals surface area contributed by atoms with Crippen molar-refractivity contribution in [2.75, 3.05) is 19.0 Å². The van der Waals surface area contributed by atoms with Crippen LogP contribution in [-0.4, -0.2) is 29.6 Å². The Morgan fingerprint density at radius 3 is 2.55 bits per heavy atom. The van der Waals surface area contributed by atoms with Gasteiger partial charge in [-0.1, -0.05) is 30.3 Å². The van der Waals surface area contributed by atoms with Crippen LogP contribution in [0.4, 0.5) is 5.95 Å². The van der Waals surface area contributed by atoms with Gasteiger partial charge < -0.3 is 10.1 Å². The lowest BCUT2D eigenvalue weighted by atomic mass is 10.0. The third-order valence-corrected chi connectivity index (χ3v) is 2.84. The molecule has 1 heterocycles. The summed E-state index contributed by atoms with van der Waals surface area (Å²) in [4.78, 5) is 20.8. The molecular formula is C15H17N3O2. The minimum absolute atomic E-state index is 0.320. The Balaban J connectivity index is 2.63. The lowest BCUT2D eigenvalue weighted by Gasteiger charge is -2.12. The number of carbonyl (C=O) groups is 1. The van der Waals surface area contributed by atoms with E-state index >= 15 is 0 Å². The predicted molar refractivity (Wildman–Crippen MR) is 77.7 cm³/mol. The first-order chi connectivity index (χ1) is 9.67. The first-order valence-corrected chi connectivity index (χ1v) is 6.46. The van der Waals surface area contributed by atoms with Gasteiger partial charge in [-0.15, -0.1) is 0 Å². The fourth-order valence-electron chi connectivity index (χ4n) is 1.94. The Morgan fingerprint density at radius 2 is 1.95 bits per heavy atom. The van der Waals surface area contributed by atoms with Crippen LogP contribution in [0.3, 0.4) is 0 Å². The summed E-state index contributed by atoms with van der Waals surface area (Å²) in [5.41, 5.74) is 2.46. The summed E-state index contributed by atoms with van der Waals surface area (Å²) in [6.45, 7) is 3.87. The van der Waals surface area contributed by atoms with Crippen molar-refractivity contribution in [1.82, 2.24) is 9.97 Å². The van der Waals surface area contributed by atoms with Crippen LogP contribution in [0.15, 0.2) is 30.3 Å². The molecule has 0 bridgehead atoms. The average molecular weight is 271 g/mol. The molecule has 5 nitrogen and oxygen atoms in total. The number of esters is 1. The van der Waals surface area contributed by atoms with Crippen LogP contribution in [0.2, 0.25) is 0 Å². The van der Waals surface area contributed by atoms with Crippen molar-refractivity contribution in [3.8, 4) is 11.3 Å². The van der Waals surface area contributed by atoms with Gasteiger partial charge in [0.05, 0.1) is 18.0 Å². The van der Waals surface area contributed by atoms with Crippen LogP contribution in [-0.2, 0) is 4.74 Å². The zero-order valence-corrected chi connectivity index (χ0v) is 11.8. The van der Waals surface area contributed by atoms with E-state index in [-0.39, 0.29) is 0 Å². The molecule has 2 rings (SSSR count). The zero-order chi connectivity index (χ0) is 14.5. The molecule has 0 amide bonds. The largest absolute Gasteiger partial charge is 0.462 e. The Hall–Kier alpha value is -2.43. The maximum atomic E-state index is 12.1. The highest BCUT2D eigenvalue weighted by atomic mass is 16.5. The molecule has 0 aliphatic rings. The zero-order valence-electron chi connectivity index (χ0n) is 11.8. The first kappa shape index (κ1) is 14.0. The molecule has 0 fully saturated rings. The third kappa shape index (κ3) is 2.77. The molecule has 104 valence electrons. The second-order valence-electron chi connectivity index (χ2n) is 4.19. The van der Waals surface area contributed by atoms with Gasteiger partial charge in [-0.2, -0.15) is 0 Å². The quantitative estimate of drug-likeness (QED) is 0.866. The average Bonchev–Trinajstić information content (AvgIpc) is 2.47. The van der Waals surface area contributed by atoms with Crippen LogP contribution in [0, 0.1) is 6.92 Å².